The molecule has 2 aliphatic heterocycles. The van der Waals surface area contributed by atoms with Crippen molar-refractivity contribution < 1.29 is 29.0 Å². The maximum atomic E-state index is 14.1. The van der Waals surface area contributed by atoms with Gasteiger partial charge in [0.2, 0.25) is 17.7 Å². The molecule has 3 amide bonds. The molecule has 1 aromatic heterocycles. The number of guanidine groups is 1. The minimum absolute atomic E-state index is 0.00107. The second-order valence-corrected chi connectivity index (χ2v) is 12.2. The monoisotopic (exact) mass is 611 g/mol. The molecule has 4 rings (SSSR count). The number of amides is 3. The molecular weight excluding hydrogens is 566 g/mol. The molecule has 44 heavy (non-hydrogen) atoms. The average Bonchev–Trinajstić information content (AvgIpc) is 3.56. The maximum Gasteiger partial charge on any atom is 0.328 e. The fourth-order valence-corrected chi connectivity index (χ4v) is 5.91. The van der Waals surface area contributed by atoms with Crippen molar-refractivity contribution in [1.82, 2.24) is 20.5 Å². The third-order valence-electron chi connectivity index (χ3n) is 8.15. The van der Waals surface area contributed by atoms with E-state index in [-0.39, 0.29) is 44.7 Å². The van der Waals surface area contributed by atoms with Gasteiger partial charge in [-0.2, -0.15) is 0 Å². The van der Waals surface area contributed by atoms with E-state index in [2.05, 4.69) is 34.5 Å². The number of aromatic amines is 1. The van der Waals surface area contributed by atoms with Gasteiger partial charge in [-0.1, -0.05) is 38.5 Å². The van der Waals surface area contributed by atoms with Crippen LogP contribution in [0.3, 0.4) is 0 Å². The first kappa shape index (κ1) is 32.8. The number of hydrogen-bond donors (Lipinski definition) is 6. The van der Waals surface area contributed by atoms with Crippen molar-refractivity contribution in [2.75, 3.05) is 13.1 Å². The van der Waals surface area contributed by atoms with Gasteiger partial charge >= 0.3 is 5.97 Å². The third kappa shape index (κ3) is 8.71. The first-order valence-electron chi connectivity index (χ1n) is 15.4. The van der Waals surface area contributed by atoms with Gasteiger partial charge in [-0.15, -0.1) is 0 Å². The van der Waals surface area contributed by atoms with E-state index < -0.39 is 54.0 Å². The van der Waals surface area contributed by atoms with Gasteiger partial charge in [0.05, 0.1) is 12.5 Å². The number of para-hydroxylation sites is 1. The maximum absolute atomic E-state index is 14.1. The minimum atomic E-state index is -1.05. The molecule has 5 unspecified atom stereocenters. The zero-order chi connectivity index (χ0) is 31.8. The van der Waals surface area contributed by atoms with Crippen LogP contribution in [0.5, 0.6) is 0 Å². The Bertz CT molecular complexity index is 1350. The third-order valence-corrected chi connectivity index (χ3v) is 8.15. The van der Waals surface area contributed by atoms with Gasteiger partial charge in [0.25, 0.3) is 0 Å². The summed E-state index contributed by atoms with van der Waals surface area (Å²) in [4.78, 5) is 63.0. The number of esters is 1. The molecular formula is C31H45N7O6. The number of fused-ring (bicyclic) bond motifs is 2. The SMILES string of the molecule is CC(C)CCCC1CC(=O)NC(Cc2c[nH]c3ccccc23)C(=O)N2CC(O)CC2C(=O)NC(CCCN=C(N)N)C(=O)O1. The minimum Gasteiger partial charge on any atom is -0.460 e. The van der Waals surface area contributed by atoms with Crippen LogP contribution in [0.1, 0.15) is 64.4 Å². The number of rotatable bonds is 10. The van der Waals surface area contributed by atoms with Crippen LogP contribution in [0.2, 0.25) is 0 Å². The lowest BCUT2D eigenvalue weighted by atomic mass is 10.0. The summed E-state index contributed by atoms with van der Waals surface area (Å²) in [5, 5.41) is 17.1. The summed E-state index contributed by atoms with van der Waals surface area (Å²) in [6.07, 6.45) is 2.77. The highest BCUT2D eigenvalue weighted by molar-refractivity contribution is 5.95. The van der Waals surface area contributed by atoms with Crippen molar-refractivity contribution in [3.63, 3.8) is 0 Å². The number of aromatic nitrogens is 1. The number of hydrogen-bond acceptors (Lipinski definition) is 7. The van der Waals surface area contributed by atoms with Crippen LogP contribution >= 0.6 is 0 Å². The Hall–Kier alpha value is -4.13. The van der Waals surface area contributed by atoms with Crippen LogP contribution in [0.4, 0.5) is 0 Å². The van der Waals surface area contributed by atoms with E-state index in [9.17, 15) is 24.3 Å². The van der Waals surface area contributed by atoms with Gasteiger partial charge in [-0.25, -0.2) is 4.79 Å². The van der Waals surface area contributed by atoms with E-state index in [1.165, 1.54) is 4.90 Å². The van der Waals surface area contributed by atoms with Gasteiger partial charge in [-0.3, -0.25) is 19.4 Å². The quantitative estimate of drug-likeness (QED) is 0.0980. The Labute approximate surface area is 257 Å². The van der Waals surface area contributed by atoms with E-state index in [0.717, 1.165) is 29.3 Å². The number of aliphatic imine (C=N–C) groups is 1. The topological polar surface area (TPSA) is 205 Å². The van der Waals surface area contributed by atoms with Gasteiger partial charge in [0.1, 0.15) is 24.2 Å². The van der Waals surface area contributed by atoms with Crippen LogP contribution in [0.15, 0.2) is 35.5 Å². The van der Waals surface area contributed by atoms with Gasteiger partial charge in [0, 0.05) is 43.0 Å². The molecule has 2 fully saturated rings. The Morgan fingerprint density at radius 2 is 1.86 bits per heavy atom. The zero-order valence-corrected chi connectivity index (χ0v) is 25.5. The normalized spacial score (nSPS) is 25.0. The van der Waals surface area contributed by atoms with Crippen molar-refractivity contribution in [2.24, 2.45) is 22.4 Å². The Morgan fingerprint density at radius 3 is 2.61 bits per heavy atom. The Balaban J connectivity index is 1.64. The molecule has 0 aliphatic carbocycles. The molecule has 13 nitrogen and oxygen atoms in total. The fraction of sp³-hybridized carbons (Fsp3) is 0.581. The number of aliphatic hydroxyl groups is 1. The first-order chi connectivity index (χ1) is 21.0. The van der Waals surface area contributed by atoms with Crippen LogP contribution in [-0.4, -0.2) is 88.1 Å². The summed E-state index contributed by atoms with van der Waals surface area (Å²) >= 11 is 0. The molecule has 2 saturated heterocycles. The van der Waals surface area contributed by atoms with Gasteiger partial charge in [-0.05, 0) is 43.2 Å². The number of aliphatic hydroxyl groups excluding tert-OH is 1. The second-order valence-electron chi connectivity index (χ2n) is 12.2. The highest BCUT2D eigenvalue weighted by Crippen LogP contribution is 2.24. The molecule has 0 spiro atoms. The van der Waals surface area contributed by atoms with Crippen molar-refractivity contribution in [1.29, 1.82) is 0 Å². The van der Waals surface area contributed by atoms with Gasteiger partial charge < -0.3 is 41.8 Å². The summed E-state index contributed by atoms with van der Waals surface area (Å²) < 4.78 is 5.86. The Morgan fingerprint density at radius 1 is 1.09 bits per heavy atom. The zero-order valence-electron chi connectivity index (χ0n) is 25.5. The number of ether oxygens (including phenoxy) is 1. The molecule has 13 heteroatoms. The highest BCUT2D eigenvalue weighted by atomic mass is 16.5. The van der Waals surface area contributed by atoms with Crippen LogP contribution in [-0.2, 0) is 30.3 Å². The number of cyclic esters (lactones) is 1. The summed E-state index contributed by atoms with van der Waals surface area (Å²) in [7, 11) is 0. The molecule has 8 N–H and O–H groups in total. The average molecular weight is 612 g/mol. The summed E-state index contributed by atoms with van der Waals surface area (Å²) in [6.45, 7) is 4.35. The summed E-state index contributed by atoms with van der Waals surface area (Å²) in [5.41, 5.74) is 12.6. The number of carbonyl (C=O) groups is 4. The van der Waals surface area contributed by atoms with Crippen molar-refractivity contribution in [3.05, 3.63) is 36.0 Å². The smallest absolute Gasteiger partial charge is 0.328 e. The molecule has 5 atom stereocenters. The summed E-state index contributed by atoms with van der Waals surface area (Å²) in [5.74, 6) is -1.82. The number of carbonyl (C=O) groups excluding carboxylic acids is 4. The van der Waals surface area contributed by atoms with Crippen molar-refractivity contribution >= 4 is 40.6 Å². The number of nitrogens with zero attached hydrogens (tertiary/aromatic N) is 2. The molecule has 0 radical (unpaired) electrons. The van der Waals surface area contributed by atoms with Crippen LogP contribution < -0.4 is 22.1 Å². The number of H-pyrrole nitrogens is 1. The standard InChI is InChI=1S/C31H45N7O6/c1-18(2)7-5-8-21-15-27(40)36-25(13-19-16-35-23-10-4-3-9-22(19)23)29(42)38-17-20(39)14-26(38)28(41)37-24(30(43)44-21)11-6-12-34-31(32)33/h3-4,9-10,16,18,20-21,24-26,35,39H,5-8,11-15,17H2,1-2H3,(H,36,40)(H,37,41)(H4,32,33,34). The number of nitrogens with two attached hydrogens (primary N) is 2. The van der Waals surface area contributed by atoms with Crippen LogP contribution in [0.25, 0.3) is 10.9 Å². The van der Waals surface area contributed by atoms with E-state index in [1.807, 2.05) is 24.3 Å². The second kappa shape index (κ2) is 15.0. The number of nitrogens with one attached hydrogen (secondary N) is 3. The molecule has 3 heterocycles. The molecule has 0 saturated carbocycles. The van der Waals surface area contributed by atoms with Gasteiger partial charge in [0.15, 0.2) is 5.96 Å². The largest absolute Gasteiger partial charge is 0.460 e. The molecule has 2 aromatic rings. The Kier molecular flexibility index (Phi) is 11.2. The summed E-state index contributed by atoms with van der Waals surface area (Å²) in [6, 6.07) is 4.56. The molecule has 0 bridgehead atoms. The van der Waals surface area contributed by atoms with E-state index in [0.29, 0.717) is 18.8 Å². The molecule has 240 valence electrons. The van der Waals surface area contributed by atoms with E-state index >= 15 is 0 Å². The predicted octanol–water partition coefficient (Wildman–Crippen LogP) is 0.837. The highest BCUT2D eigenvalue weighted by Gasteiger charge is 2.43. The fourth-order valence-electron chi connectivity index (χ4n) is 5.91. The van der Waals surface area contributed by atoms with E-state index in [4.69, 9.17) is 16.2 Å². The lowest BCUT2D eigenvalue weighted by molar-refractivity contribution is -0.155. The van der Waals surface area contributed by atoms with Crippen molar-refractivity contribution in [2.45, 2.75) is 95.5 Å². The lowest BCUT2D eigenvalue weighted by Gasteiger charge is -2.29. The number of benzene rings is 1. The van der Waals surface area contributed by atoms with E-state index in [1.54, 1.807) is 6.20 Å². The molecule has 2 aliphatic rings. The van der Waals surface area contributed by atoms with Crippen molar-refractivity contribution in [3.8, 4) is 0 Å². The first-order valence-corrected chi connectivity index (χ1v) is 15.4. The molecule has 1 aromatic carbocycles. The predicted molar refractivity (Wildman–Crippen MR) is 165 cm³/mol. The van der Waals surface area contributed by atoms with Crippen LogP contribution in [0, 0.1) is 5.92 Å². The lowest BCUT2D eigenvalue weighted by Crippen LogP contribution is -2.55.